The van der Waals surface area contributed by atoms with E-state index in [0.29, 0.717) is 18.7 Å². The molecule has 0 unspecified atom stereocenters. The Morgan fingerprint density at radius 2 is 2.04 bits per heavy atom. The molecule has 0 fully saturated rings. The molecule has 0 saturated heterocycles. The van der Waals surface area contributed by atoms with Crippen LogP contribution in [0.15, 0.2) is 47.6 Å². The van der Waals surface area contributed by atoms with Crippen molar-refractivity contribution in [3.63, 3.8) is 0 Å². The summed E-state index contributed by atoms with van der Waals surface area (Å²) < 4.78 is 0. The summed E-state index contributed by atoms with van der Waals surface area (Å²) in [5.74, 6) is 0.773. The molecule has 0 aliphatic carbocycles. The number of carbonyl (C=O) groups is 1. The van der Waals surface area contributed by atoms with Crippen molar-refractivity contribution in [1.29, 1.82) is 0 Å². The van der Waals surface area contributed by atoms with Gasteiger partial charge in [-0.3, -0.25) is 14.7 Å². The number of benzene rings is 1. The lowest BCUT2D eigenvalue weighted by molar-refractivity contribution is 0.0948. The summed E-state index contributed by atoms with van der Waals surface area (Å²) in [5, 5.41) is 6.47. The molecule has 1 aromatic carbocycles. The number of hydrogen-bond donors (Lipinski definition) is 2. The van der Waals surface area contributed by atoms with Crippen molar-refractivity contribution in [2.24, 2.45) is 4.99 Å². The number of nitrogens with zero attached hydrogens (tertiary/aromatic N) is 2. The van der Waals surface area contributed by atoms with E-state index in [1.54, 1.807) is 6.08 Å². The quantitative estimate of drug-likeness (QED) is 0.813. The fraction of sp³-hybridized carbons (Fsp3) is 0.478. The normalized spacial score (nSPS) is 19.7. The minimum absolute atomic E-state index is 0.0174. The van der Waals surface area contributed by atoms with Crippen molar-refractivity contribution in [3.05, 3.63) is 53.7 Å². The van der Waals surface area contributed by atoms with Gasteiger partial charge < -0.3 is 10.6 Å². The molecule has 152 valence electrons. The molecule has 0 spiro atoms. The van der Waals surface area contributed by atoms with Gasteiger partial charge in [0, 0.05) is 30.9 Å². The number of allylic oxidation sites excluding steroid dienone is 2. The molecule has 5 nitrogen and oxygen atoms in total. The second-order valence-electron chi connectivity index (χ2n) is 7.09. The number of rotatable bonds is 5. The molecule has 2 N–H and O–H groups in total. The van der Waals surface area contributed by atoms with Gasteiger partial charge in [-0.2, -0.15) is 0 Å². The van der Waals surface area contributed by atoms with Gasteiger partial charge in [0.2, 0.25) is 0 Å². The Kier molecular flexibility index (Phi) is 8.95. The van der Waals surface area contributed by atoms with Gasteiger partial charge in [0.15, 0.2) is 0 Å². The monoisotopic (exact) mass is 382 g/mol. The smallest absolute Gasteiger partial charge is 0.251 e. The Morgan fingerprint density at radius 3 is 2.75 bits per heavy atom. The van der Waals surface area contributed by atoms with Gasteiger partial charge in [-0.15, -0.1) is 0 Å². The Bertz CT molecular complexity index is 736. The van der Waals surface area contributed by atoms with Crippen LogP contribution >= 0.6 is 0 Å². The molecule has 1 amide bonds. The van der Waals surface area contributed by atoms with Crippen LogP contribution in [0.25, 0.3) is 5.57 Å². The van der Waals surface area contributed by atoms with Crippen LogP contribution in [0.1, 0.15) is 56.0 Å². The van der Waals surface area contributed by atoms with E-state index in [4.69, 9.17) is 4.99 Å². The lowest BCUT2D eigenvalue weighted by Gasteiger charge is -2.21. The summed E-state index contributed by atoms with van der Waals surface area (Å²) >= 11 is 0. The molecule has 5 heteroatoms. The van der Waals surface area contributed by atoms with E-state index in [9.17, 15) is 4.79 Å². The minimum Gasteiger partial charge on any atom is -0.351 e. The molecule has 0 radical (unpaired) electrons. The average molecular weight is 383 g/mol. The SMILES string of the molecule is C=CC1=NCCN(CCCC)CCNC(=O)c2cccc(c2)/C(CC)=C(\C)N1. The maximum absolute atomic E-state index is 12.6. The maximum atomic E-state index is 12.6. The molecule has 1 aromatic rings. The predicted octanol–water partition coefficient (Wildman–Crippen LogP) is 3.85. The standard InChI is InChI=1S/C23H34N4O/c1-5-8-14-27-15-12-24-22(7-3)26-18(4)21(6-2)19-10-9-11-20(17-19)23(28)25-13-16-27/h7,9-11,17H,3,5-6,8,12-16H2,1-2,4H3,(H,24,26)(H,25,28)/b21-18+. The predicted molar refractivity (Wildman–Crippen MR) is 119 cm³/mol. The molecule has 0 aromatic heterocycles. The van der Waals surface area contributed by atoms with Crippen molar-refractivity contribution in [1.82, 2.24) is 15.5 Å². The third-order valence-corrected chi connectivity index (χ3v) is 5.03. The highest BCUT2D eigenvalue weighted by Gasteiger charge is 2.12. The number of aliphatic imine (C=N–C) groups is 1. The zero-order chi connectivity index (χ0) is 20.4. The number of unbranched alkanes of at least 4 members (excludes halogenated alkanes) is 1. The first-order chi connectivity index (χ1) is 13.6. The topological polar surface area (TPSA) is 56.7 Å². The first kappa shape index (κ1) is 21.9. The van der Waals surface area contributed by atoms with Gasteiger partial charge in [-0.1, -0.05) is 39.0 Å². The van der Waals surface area contributed by atoms with Gasteiger partial charge >= 0.3 is 0 Å². The van der Waals surface area contributed by atoms with Crippen LogP contribution in [-0.4, -0.2) is 49.4 Å². The van der Waals surface area contributed by atoms with E-state index in [2.05, 4.69) is 49.0 Å². The molecule has 1 aliphatic rings. The van der Waals surface area contributed by atoms with Crippen LogP contribution in [0, 0.1) is 0 Å². The first-order valence-electron chi connectivity index (χ1n) is 10.3. The van der Waals surface area contributed by atoms with Crippen molar-refractivity contribution < 1.29 is 4.79 Å². The van der Waals surface area contributed by atoms with E-state index < -0.39 is 0 Å². The van der Waals surface area contributed by atoms with Crippen LogP contribution in [0.4, 0.5) is 0 Å². The summed E-state index contributed by atoms with van der Waals surface area (Å²) in [4.78, 5) is 19.7. The maximum Gasteiger partial charge on any atom is 0.251 e. The molecular weight excluding hydrogens is 348 g/mol. The van der Waals surface area contributed by atoms with Crippen molar-refractivity contribution in [2.45, 2.75) is 40.0 Å². The largest absolute Gasteiger partial charge is 0.351 e. The highest BCUT2D eigenvalue weighted by molar-refractivity contribution is 5.96. The molecule has 1 heterocycles. The zero-order valence-corrected chi connectivity index (χ0v) is 17.6. The van der Waals surface area contributed by atoms with Gasteiger partial charge in [0.25, 0.3) is 5.91 Å². The average Bonchev–Trinajstić information content (AvgIpc) is 2.71. The third kappa shape index (κ3) is 6.34. The second-order valence-corrected chi connectivity index (χ2v) is 7.09. The summed E-state index contributed by atoms with van der Waals surface area (Å²) in [6.07, 6.45) is 4.93. The van der Waals surface area contributed by atoms with E-state index in [-0.39, 0.29) is 5.91 Å². The number of amidine groups is 1. The fourth-order valence-corrected chi connectivity index (χ4v) is 3.42. The number of carbonyl (C=O) groups excluding carboxylic acids is 1. The van der Waals surface area contributed by atoms with Crippen LogP contribution < -0.4 is 10.6 Å². The van der Waals surface area contributed by atoms with Crippen LogP contribution in [-0.2, 0) is 0 Å². The molecule has 1 aliphatic heterocycles. The summed E-state index contributed by atoms with van der Waals surface area (Å²) in [7, 11) is 0. The van der Waals surface area contributed by atoms with Crippen LogP contribution in [0.2, 0.25) is 0 Å². The number of fused-ring (bicyclic) bond motifs is 2. The molecule has 28 heavy (non-hydrogen) atoms. The Hall–Kier alpha value is -2.40. The summed E-state index contributed by atoms with van der Waals surface area (Å²) in [5.41, 5.74) is 3.96. The summed E-state index contributed by atoms with van der Waals surface area (Å²) in [6.45, 7) is 14.3. The Morgan fingerprint density at radius 1 is 1.25 bits per heavy atom. The van der Waals surface area contributed by atoms with Crippen molar-refractivity contribution in [2.75, 3.05) is 32.7 Å². The Balaban J connectivity index is 2.35. The van der Waals surface area contributed by atoms with Crippen molar-refractivity contribution in [3.8, 4) is 0 Å². The lowest BCUT2D eigenvalue weighted by Crippen LogP contribution is -2.37. The zero-order valence-electron chi connectivity index (χ0n) is 17.6. The molecule has 0 atom stereocenters. The minimum atomic E-state index is -0.0174. The number of hydrogen-bond acceptors (Lipinski definition) is 4. The lowest BCUT2D eigenvalue weighted by atomic mass is 9.99. The molecule has 2 bridgehead atoms. The number of nitrogens with one attached hydrogen (secondary N) is 2. The molecule has 0 saturated carbocycles. The van der Waals surface area contributed by atoms with Crippen molar-refractivity contribution >= 4 is 17.3 Å². The highest BCUT2D eigenvalue weighted by atomic mass is 16.1. The van der Waals surface area contributed by atoms with Gasteiger partial charge in [0.1, 0.15) is 5.84 Å². The van der Waals surface area contributed by atoms with E-state index in [1.807, 2.05) is 18.2 Å². The fourth-order valence-electron chi connectivity index (χ4n) is 3.42. The van der Waals surface area contributed by atoms with E-state index in [1.165, 1.54) is 5.57 Å². The van der Waals surface area contributed by atoms with Crippen LogP contribution in [0.3, 0.4) is 0 Å². The number of amides is 1. The van der Waals surface area contributed by atoms with Gasteiger partial charge in [-0.05, 0) is 55.7 Å². The molecule has 2 rings (SSSR count). The highest BCUT2D eigenvalue weighted by Crippen LogP contribution is 2.22. The second kappa shape index (κ2) is 11.4. The first-order valence-corrected chi connectivity index (χ1v) is 10.3. The Labute approximate surface area is 169 Å². The van der Waals surface area contributed by atoms with Crippen LogP contribution in [0.5, 0.6) is 0 Å². The summed E-state index contributed by atoms with van der Waals surface area (Å²) in [6, 6.07) is 7.84. The van der Waals surface area contributed by atoms with E-state index in [0.717, 1.165) is 56.0 Å². The molecular formula is C23H34N4O. The third-order valence-electron chi connectivity index (χ3n) is 5.03. The van der Waals surface area contributed by atoms with Gasteiger partial charge in [0.05, 0.1) is 6.54 Å². The van der Waals surface area contributed by atoms with Gasteiger partial charge in [-0.25, -0.2) is 0 Å². The van der Waals surface area contributed by atoms with E-state index >= 15 is 0 Å².